The number of carbonyl (C=O) groups is 2. The number of anilines is 2. The standard InChI is InChI=1S/C13H10ClN3O2.C6H4ClF/c14-12-4-3-9(16-8-18)6-11(12)13(19)17-10-2-1-5-15-7-10;7-5-2-1-3-6(8)4-5/h1-8H,(H,16,18)(H,17,19);1-4H. The van der Waals surface area contributed by atoms with E-state index in [1.807, 2.05) is 0 Å². The normalized spacial score (nSPS) is 9.59. The molecule has 5 nitrogen and oxygen atoms in total. The Morgan fingerprint density at radius 1 is 1.04 bits per heavy atom. The molecule has 3 rings (SSSR count). The van der Waals surface area contributed by atoms with Crippen LogP contribution in [-0.4, -0.2) is 17.3 Å². The van der Waals surface area contributed by atoms with E-state index in [4.69, 9.17) is 23.2 Å². The molecular weight excluding hydrogens is 392 g/mol. The average Bonchev–Trinajstić information content (AvgIpc) is 2.64. The molecule has 0 aliphatic heterocycles. The van der Waals surface area contributed by atoms with Gasteiger partial charge in [0.25, 0.3) is 5.91 Å². The Balaban J connectivity index is 0.000000273. The quantitative estimate of drug-likeness (QED) is 0.597. The van der Waals surface area contributed by atoms with Gasteiger partial charge >= 0.3 is 0 Å². The Bertz CT molecular complexity index is 907. The molecule has 2 aromatic carbocycles. The van der Waals surface area contributed by atoms with Crippen molar-refractivity contribution < 1.29 is 14.0 Å². The Hall–Kier alpha value is -2.96. The number of carbonyl (C=O) groups excluding carboxylic acids is 2. The van der Waals surface area contributed by atoms with Crippen molar-refractivity contribution in [3.8, 4) is 0 Å². The minimum atomic E-state index is -0.368. The third-order valence-corrected chi connectivity index (χ3v) is 3.71. The molecule has 0 aliphatic carbocycles. The van der Waals surface area contributed by atoms with Gasteiger partial charge in [-0.05, 0) is 48.5 Å². The van der Waals surface area contributed by atoms with Gasteiger partial charge in [-0.3, -0.25) is 14.6 Å². The molecule has 27 heavy (non-hydrogen) atoms. The summed E-state index contributed by atoms with van der Waals surface area (Å²) in [4.78, 5) is 26.3. The molecule has 0 unspecified atom stereocenters. The molecule has 0 saturated heterocycles. The Kier molecular flexibility index (Phi) is 7.73. The average molecular weight is 406 g/mol. The minimum Gasteiger partial charge on any atom is -0.329 e. The third kappa shape index (κ3) is 6.69. The van der Waals surface area contributed by atoms with Gasteiger partial charge in [-0.25, -0.2) is 4.39 Å². The number of rotatable bonds is 4. The van der Waals surface area contributed by atoms with Gasteiger partial charge in [0.1, 0.15) is 5.82 Å². The first kappa shape index (κ1) is 20.4. The second-order valence-electron chi connectivity index (χ2n) is 5.09. The van der Waals surface area contributed by atoms with Crippen molar-refractivity contribution in [1.82, 2.24) is 4.98 Å². The topological polar surface area (TPSA) is 71.1 Å². The predicted molar refractivity (Wildman–Crippen MR) is 105 cm³/mol. The molecular formula is C19H14Cl2FN3O2. The zero-order chi connectivity index (χ0) is 19.6. The van der Waals surface area contributed by atoms with Crippen molar-refractivity contribution in [2.75, 3.05) is 10.6 Å². The van der Waals surface area contributed by atoms with E-state index >= 15 is 0 Å². The molecule has 2 N–H and O–H groups in total. The molecule has 138 valence electrons. The van der Waals surface area contributed by atoms with Gasteiger partial charge in [0.15, 0.2) is 0 Å². The van der Waals surface area contributed by atoms with Gasteiger partial charge in [0, 0.05) is 16.9 Å². The highest BCUT2D eigenvalue weighted by atomic mass is 35.5. The van der Waals surface area contributed by atoms with Crippen LogP contribution in [0.15, 0.2) is 67.0 Å². The van der Waals surface area contributed by atoms with Crippen LogP contribution in [0.25, 0.3) is 0 Å². The zero-order valence-electron chi connectivity index (χ0n) is 13.8. The van der Waals surface area contributed by atoms with Gasteiger partial charge < -0.3 is 10.6 Å². The molecule has 0 aliphatic rings. The van der Waals surface area contributed by atoms with Crippen LogP contribution in [0, 0.1) is 5.82 Å². The van der Waals surface area contributed by atoms with Crippen LogP contribution >= 0.6 is 23.2 Å². The Labute approximate surface area is 165 Å². The fourth-order valence-electron chi connectivity index (χ4n) is 1.95. The van der Waals surface area contributed by atoms with Crippen molar-refractivity contribution >= 4 is 46.9 Å². The SMILES string of the molecule is Fc1cccc(Cl)c1.O=CNc1ccc(Cl)c(C(=O)Nc2cccnc2)c1. The summed E-state index contributed by atoms with van der Waals surface area (Å²) in [5.41, 5.74) is 1.34. The van der Waals surface area contributed by atoms with Crippen molar-refractivity contribution in [3.05, 3.63) is 88.4 Å². The van der Waals surface area contributed by atoms with Gasteiger partial charge in [0.05, 0.1) is 22.5 Å². The molecule has 0 atom stereocenters. The van der Waals surface area contributed by atoms with E-state index in [1.165, 1.54) is 24.4 Å². The van der Waals surface area contributed by atoms with Gasteiger partial charge in [-0.1, -0.05) is 29.3 Å². The molecule has 0 bridgehead atoms. The van der Waals surface area contributed by atoms with Crippen LogP contribution in [0.1, 0.15) is 10.4 Å². The van der Waals surface area contributed by atoms with Crippen LogP contribution in [-0.2, 0) is 4.79 Å². The van der Waals surface area contributed by atoms with Gasteiger partial charge in [0.2, 0.25) is 6.41 Å². The molecule has 2 amide bonds. The lowest BCUT2D eigenvalue weighted by atomic mass is 10.2. The first-order chi connectivity index (χ1) is 13.0. The molecule has 0 radical (unpaired) electrons. The summed E-state index contributed by atoms with van der Waals surface area (Å²) in [5, 5.41) is 5.87. The van der Waals surface area contributed by atoms with E-state index in [9.17, 15) is 14.0 Å². The second kappa shape index (κ2) is 10.3. The number of nitrogens with one attached hydrogen (secondary N) is 2. The van der Waals surface area contributed by atoms with Crippen LogP contribution in [0.5, 0.6) is 0 Å². The number of hydrogen-bond acceptors (Lipinski definition) is 3. The molecule has 0 fully saturated rings. The maximum atomic E-state index is 12.1. The highest BCUT2D eigenvalue weighted by Crippen LogP contribution is 2.21. The van der Waals surface area contributed by atoms with Crippen LogP contribution in [0.3, 0.4) is 0 Å². The number of halogens is 3. The molecule has 1 aromatic heterocycles. The van der Waals surface area contributed by atoms with Crippen molar-refractivity contribution in [2.24, 2.45) is 0 Å². The smallest absolute Gasteiger partial charge is 0.257 e. The number of hydrogen-bond donors (Lipinski definition) is 2. The summed E-state index contributed by atoms with van der Waals surface area (Å²) in [7, 11) is 0. The van der Waals surface area contributed by atoms with Crippen molar-refractivity contribution in [3.63, 3.8) is 0 Å². The fourth-order valence-corrected chi connectivity index (χ4v) is 2.33. The molecule has 3 aromatic rings. The summed E-state index contributed by atoms with van der Waals surface area (Å²) in [6, 6.07) is 13.9. The van der Waals surface area contributed by atoms with Gasteiger partial charge in [-0.15, -0.1) is 0 Å². The Morgan fingerprint density at radius 3 is 2.44 bits per heavy atom. The monoisotopic (exact) mass is 405 g/mol. The van der Waals surface area contributed by atoms with Crippen LogP contribution in [0.2, 0.25) is 10.0 Å². The summed E-state index contributed by atoms with van der Waals surface area (Å²) in [5.74, 6) is -0.662. The van der Waals surface area contributed by atoms with Crippen molar-refractivity contribution in [1.29, 1.82) is 0 Å². The lowest BCUT2D eigenvalue weighted by molar-refractivity contribution is -0.105. The summed E-state index contributed by atoms with van der Waals surface area (Å²) in [6.07, 6.45) is 3.67. The molecule has 8 heteroatoms. The lowest BCUT2D eigenvalue weighted by Gasteiger charge is -2.08. The highest BCUT2D eigenvalue weighted by Gasteiger charge is 2.11. The number of aromatic nitrogens is 1. The molecule has 0 spiro atoms. The first-order valence-electron chi connectivity index (χ1n) is 7.62. The van der Waals surface area contributed by atoms with E-state index in [0.717, 1.165) is 0 Å². The zero-order valence-corrected chi connectivity index (χ0v) is 15.3. The van der Waals surface area contributed by atoms with Crippen molar-refractivity contribution in [2.45, 2.75) is 0 Å². The number of benzene rings is 2. The molecule has 1 heterocycles. The fraction of sp³-hybridized carbons (Fsp3) is 0. The maximum Gasteiger partial charge on any atom is 0.257 e. The van der Waals surface area contributed by atoms with E-state index < -0.39 is 0 Å². The van der Waals surface area contributed by atoms with E-state index in [2.05, 4.69) is 15.6 Å². The Morgan fingerprint density at radius 2 is 1.85 bits per heavy atom. The second-order valence-corrected chi connectivity index (χ2v) is 5.94. The first-order valence-corrected chi connectivity index (χ1v) is 8.37. The highest BCUT2D eigenvalue weighted by molar-refractivity contribution is 6.34. The largest absolute Gasteiger partial charge is 0.329 e. The maximum absolute atomic E-state index is 12.1. The summed E-state index contributed by atoms with van der Waals surface area (Å²) < 4.78 is 12.1. The van der Waals surface area contributed by atoms with E-state index in [-0.39, 0.29) is 17.3 Å². The molecule has 0 saturated carbocycles. The minimum absolute atomic E-state index is 0.275. The lowest BCUT2D eigenvalue weighted by Crippen LogP contribution is -2.13. The summed E-state index contributed by atoms with van der Waals surface area (Å²) >= 11 is 11.4. The number of pyridine rings is 1. The van der Waals surface area contributed by atoms with Gasteiger partial charge in [-0.2, -0.15) is 0 Å². The number of amides is 2. The van der Waals surface area contributed by atoms with Crippen LogP contribution < -0.4 is 10.6 Å². The number of nitrogens with zero attached hydrogens (tertiary/aromatic N) is 1. The van der Waals surface area contributed by atoms with E-state index in [0.29, 0.717) is 27.8 Å². The third-order valence-electron chi connectivity index (χ3n) is 3.14. The predicted octanol–water partition coefficient (Wildman–Crippen LogP) is 5.03. The summed E-state index contributed by atoms with van der Waals surface area (Å²) in [6.45, 7) is 0. The van der Waals surface area contributed by atoms with E-state index in [1.54, 1.807) is 42.6 Å². The van der Waals surface area contributed by atoms with Crippen LogP contribution in [0.4, 0.5) is 15.8 Å².